The molecule has 4 saturated heterocycles. The third-order valence-electron chi connectivity index (χ3n) is 17.2. The Kier molecular flexibility index (Phi) is 28.0. The number of ether oxygens (including phenoxy) is 6. The van der Waals surface area contributed by atoms with Crippen LogP contribution in [0.5, 0.6) is 23.0 Å². The van der Waals surface area contributed by atoms with Crippen molar-refractivity contribution in [3.63, 3.8) is 0 Å². The summed E-state index contributed by atoms with van der Waals surface area (Å²) in [6.45, 7) is 30.8. The molecule has 4 unspecified atom stereocenters. The lowest BCUT2D eigenvalue weighted by Gasteiger charge is -2.42. The van der Waals surface area contributed by atoms with Gasteiger partial charge < -0.3 is 68.5 Å². The normalized spacial score (nSPS) is 19.3. The molecule has 6 fully saturated rings. The Labute approximate surface area is 592 Å². The topological polar surface area (TPSA) is 185 Å². The highest BCUT2D eigenvalue weighted by molar-refractivity contribution is 6.34. The molecule has 4 atom stereocenters. The van der Waals surface area contributed by atoms with Crippen LogP contribution < -0.4 is 49.2 Å². The summed E-state index contributed by atoms with van der Waals surface area (Å²) in [6.07, 6.45) is 4.24. The number of amides is 2. The molecule has 0 radical (unpaired) electrons. The van der Waals surface area contributed by atoms with Crippen LogP contribution in [0.1, 0.15) is 118 Å². The van der Waals surface area contributed by atoms with Crippen LogP contribution in [0.2, 0.25) is 5.15 Å². The Hall–Kier alpha value is -7.49. The maximum atomic E-state index is 12.2. The lowest BCUT2D eigenvalue weighted by molar-refractivity contribution is 0.0156. The molecule has 528 valence electrons. The second-order valence-corrected chi connectivity index (χ2v) is 27.7. The fourth-order valence-electron chi connectivity index (χ4n) is 12.0. The van der Waals surface area contributed by atoms with Crippen LogP contribution in [0.4, 0.5) is 32.5 Å². The molecule has 2 saturated carbocycles. The van der Waals surface area contributed by atoms with Gasteiger partial charge in [-0.1, -0.05) is 66.2 Å². The minimum atomic E-state index is -0.437. The van der Waals surface area contributed by atoms with E-state index in [-0.39, 0.29) is 43.0 Å². The van der Waals surface area contributed by atoms with Gasteiger partial charge in [0, 0.05) is 155 Å². The second kappa shape index (κ2) is 35.3. The first-order chi connectivity index (χ1) is 45.5. The quantitative estimate of drug-likeness (QED) is 0.123. The standard InChI is InChI=1S/C24H28N4O2.C16H24N2O2.C13H13ClN2O2.C11H16N2.C10H20N2O2.2ClH/c1-16-15-27(11-12-28(16)18-7-5-4-6-8-18)24-19-13-21(29-2)22(30-3)14-20(19)25-23(26-24)17-9-10-17;1-13-12-17(14-8-6-5-7-9-14)10-11-18(13)15(19)20-16(2,3)4;1-17-10-5-8-9(6-11(10)18-2)15-13(7-3-4-7)16-12(8)14;1-10-9-13(8-7-12-10)11-5-3-2-4-6-11;1-8-7-12(6-5-11-8)9(13)14-10(2,3)4;;/h4-8,13-14,16-17H,9-12,15H2,1-3H3;5-9,13H,10-12H2,1-4H3;5-7H,3-4H2,1-2H3;2-6,10,12H,7-9H2,1H3;8,11H,5-7H2,1-4H3;2*1H. The third kappa shape index (κ3) is 21.8. The number of aromatic nitrogens is 4. The molecular weight excluding hydrogens is 1290 g/mol. The van der Waals surface area contributed by atoms with E-state index in [1.165, 1.54) is 29.9 Å². The zero-order valence-electron chi connectivity index (χ0n) is 59.2. The van der Waals surface area contributed by atoms with E-state index in [1.54, 1.807) is 33.3 Å². The molecule has 5 aromatic carbocycles. The van der Waals surface area contributed by atoms with E-state index in [0.717, 1.165) is 124 Å². The Balaban J connectivity index is 0.000000176. The first-order valence-electron chi connectivity index (χ1n) is 33.7. The van der Waals surface area contributed by atoms with Crippen LogP contribution in [-0.4, -0.2) is 184 Å². The average Bonchev–Trinajstić information content (AvgIpc) is 1.76. The van der Waals surface area contributed by atoms with Crippen molar-refractivity contribution in [2.24, 2.45) is 0 Å². The van der Waals surface area contributed by atoms with Gasteiger partial charge in [-0.2, -0.15) is 0 Å². The first-order valence-corrected chi connectivity index (χ1v) is 34.0. The number of hydrogen-bond acceptors (Lipinski definition) is 18. The van der Waals surface area contributed by atoms with Gasteiger partial charge in [-0.3, -0.25) is 0 Å². The molecule has 6 aliphatic rings. The van der Waals surface area contributed by atoms with Crippen LogP contribution in [-0.2, 0) is 9.47 Å². The Morgan fingerprint density at radius 3 is 1.38 bits per heavy atom. The monoisotopic (exact) mass is 1390 g/mol. The molecule has 97 heavy (non-hydrogen) atoms. The van der Waals surface area contributed by atoms with Gasteiger partial charge in [0.2, 0.25) is 0 Å². The predicted molar refractivity (Wildman–Crippen MR) is 397 cm³/mol. The van der Waals surface area contributed by atoms with Crippen LogP contribution in [0.25, 0.3) is 21.8 Å². The highest BCUT2D eigenvalue weighted by atomic mass is 35.5. The molecule has 13 rings (SSSR count). The molecule has 23 heteroatoms. The lowest BCUT2D eigenvalue weighted by atomic mass is 10.1. The highest BCUT2D eigenvalue weighted by Crippen LogP contribution is 2.43. The number of carbonyl (C=O) groups is 2. The fraction of sp³-hybridized carbons (Fsp3) is 0.514. The number of nitrogens with zero attached hydrogens (tertiary/aromatic N) is 10. The maximum Gasteiger partial charge on any atom is 0.410 e. The molecule has 0 bridgehead atoms. The SMILES string of the molecule is CC1CN(C(=O)OC(C)(C)C)CCN1.CC1CN(c2ccccc2)CCN1.CC1CN(c2ccccc2)CCN1C(=O)OC(C)(C)C.COc1cc2nc(C3CC3)nc(Cl)c2cc1OC.COc1cc2nc(C3CC3)nc(N3CCN(c4ccccc4)C(C)C3)c2cc1OC.Cl.Cl. The zero-order valence-corrected chi connectivity index (χ0v) is 61.6. The Bertz CT molecular complexity index is 3620. The number of fused-ring (bicyclic) bond motifs is 2. The first kappa shape index (κ1) is 76.9. The molecule has 0 spiro atoms. The van der Waals surface area contributed by atoms with Crippen molar-refractivity contribution >= 4 is 93.3 Å². The van der Waals surface area contributed by atoms with Gasteiger partial charge in [0.1, 0.15) is 33.8 Å². The van der Waals surface area contributed by atoms with Crippen LogP contribution in [0.3, 0.4) is 0 Å². The van der Waals surface area contributed by atoms with Crippen LogP contribution >= 0.6 is 36.4 Å². The number of carbonyl (C=O) groups excluding carboxylic acids is 2. The number of methoxy groups -OCH3 is 4. The van der Waals surface area contributed by atoms with Gasteiger partial charge in [-0.15, -0.1) is 24.8 Å². The number of hydrogen-bond donors (Lipinski definition) is 2. The summed E-state index contributed by atoms with van der Waals surface area (Å²) in [6, 6.07) is 40.7. The van der Waals surface area contributed by atoms with Crippen molar-refractivity contribution < 1.29 is 38.0 Å². The van der Waals surface area contributed by atoms with Gasteiger partial charge in [0.25, 0.3) is 0 Å². The van der Waals surface area contributed by atoms with Crippen molar-refractivity contribution in [3.05, 3.63) is 132 Å². The van der Waals surface area contributed by atoms with Crippen molar-refractivity contribution in [2.45, 2.75) is 142 Å². The van der Waals surface area contributed by atoms with E-state index in [0.29, 0.717) is 64.7 Å². The summed E-state index contributed by atoms with van der Waals surface area (Å²) in [5, 5.41) is 9.01. The van der Waals surface area contributed by atoms with Crippen LogP contribution in [0, 0.1) is 0 Å². The van der Waals surface area contributed by atoms with Crippen LogP contribution in [0.15, 0.2) is 115 Å². The van der Waals surface area contributed by atoms with Gasteiger partial charge in [-0.25, -0.2) is 29.5 Å². The molecule has 2 N–H and O–H groups in total. The minimum absolute atomic E-state index is 0. The Morgan fingerprint density at radius 2 is 0.907 bits per heavy atom. The van der Waals surface area contributed by atoms with E-state index in [2.05, 4.69) is 141 Å². The zero-order chi connectivity index (χ0) is 68.0. The van der Waals surface area contributed by atoms with Crippen molar-refractivity contribution in [1.29, 1.82) is 0 Å². The number of nitrogens with one attached hydrogen (secondary N) is 2. The number of piperazine rings is 4. The van der Waals surface area contributed by atoms with E-state index < -0.39 is 11.2 Å². The van der Waals surface area contributed by atoms with Gasteiger partial charge in [0.05, 0.1) is 39.5 Å². The predicted octanol–water partition coefficient (Wildman–Crippen LogP) is 14.1. The summed E-state index contributed by atoms with van der Waals surface area (Å²) in [7, 11) is 6.53. The summed E-state index contributed by atoms with van der Waals surface area (Å²) in [4.78, 5) is 55.8. The van der Waals surface area contributed by atoms with E-state index in [1.807, 2.05) is 88.9 Å². The molecule has 20 nitrogen and oxygen atoms in total. The van der Waals surface area contributed by atoms with Crippen molar-refractivity contribution in [2.75, 3.05) is 127 Å². The van der Waals surface area contributed by atoms with E-state index >= 15 is 0 Å². The maximum absolute atomic E-state index is 12.2. The fourth-order valence-corrected chi connectivity index (χ4v) is 12.2. The number of anilines is 4. The lowest BCUT2D eigenvalue weighted by Crippen LogP contribution is -2.55. The summed E-state index contributed by atoms with van der Waals surface area (Å²) in [5.74, 6) is 6.48. The largest absolute Gasteiger partial charge is 0.493 e. The molecule has 2 amide bonds. The smallest absolute Gasteiger partial charge is 0.410 e. The van der Waals surface area contributed by atoms with E-state index in [4.69, 9.17) is 50.0 Å². The number of benzene rings is 5. The molecular formula is C74H103Cl3N12O8. The summed E-state index contributed by atoms with van der Waals surface area (Å²) < 4.78 is 32.3. The second-order valence-electron chi connectivity index (χ2n) is 27.3. The number of halogens is 3. The van der Waals surface area contributed by atoms with Crippen molar-refractivity contribution in [3.8, 4) is 23.0 Å². The third-order valence-corrected chi connectivity index (χ3v) is 17.4. The highest BCUT2D eigenvalue weighted by Gasteiger charge is 2.34. The van der Waals surface area contributed by atoms with Crippen molar-refractivity contribution in [1.82, 2.24) is 40.4 Å². The molecule has 2 aromatic heterocycles. The van der Waals surface area contributed by atoms with E-state index in [9.17, 15) is 9.59 Å². The average molecular weight is 1400 g/mol. The Morgan fingerprint density at radius 1 is 0.474 bits per heavy atom. The number of para-hydroxylation sites is 3. The minimum Gasteiger partial charge on any atom is -0.493 e. The molecule has 2 aliphatic carbocycles. The summed E-state index contributed by atoms with van der Waals surface area (Å²) >= 11 is 6.21. The van der Waals surface area contributed by atoms with Gasteiger partial charge in [-0.05, 0) is 143 Å². The molecule has 7 aromatic rings. The van der Waals surface area contributed by atoms with Gasteiger partial charge in [0.15, 0.2) is 23.0 Å². The molecule has 4 aliphatic heterocycles. The summed E-state index contributed by atoms with van der Waals surface area (Å²) in [5.41, 5.74) is 4.73. The van der Waals surface area contributed by atoms with Gasteiger partial charge >= 0.3 is 12.2 Å². The molecule has 6 heterocycles. The number of rotatable bonds is 10.